The Bertz CT molecular complexity index is 1870. The van der Waals surface area contributed by atoms with Crippen LogP contribution >= 0.6 is 0 Å². The average Bonchev–Trinajstić information content (AvgIpc) is 3.86. The van der Waals surface area contributed by atoms with E-state index in [-0.39, 0.29) is 11.6 Å². The van der Waals surface area contributed by atoms with Gasteiger partial charge in [-0.25, -0.2) is 4.98 Å². The van der Waals surface area contributed by atoms with Gasteiger partial charge in [0, 0.05) is 24.9 Å². The van der Waals surface area contributed by atoms with Gasteiger partial charge in [-0.15, -0.1) is 10.2 Å². The maximum atomic E-state index is 14.2. The van der Waals surface area contributed by atoms with E-state index in [1.54, 1.807) is 0 Å². The third-order valence-electron chi connectivity index (χ3n) is 10.2. The molecule has 1 saturated heterocycles. The molecule has 3 fully saturated rings. The number of nitrogens with zero attached hydrogens (tertiary/aromatic N) is 6. The van der Waals surface area contributed by atoms with Gasteiger partial charge in [0.1, 0.15) is 5.82 Å². The van der Waals surface area contributed by atoms with Crippen molar-refractivity contribution < 1.29 is 4.84 Å². The van der Waals surface area contributed by atoms with Crippen molar-refractivity contribution in [2.45, 2.75) is 64.1 Å². The second-order valence-corrected chi connectivity index (χ2v) is 12.7. The molecular weight excluding hydrogens is 550 g/mol. The Kier molecular flexibility index (Phi) is 6.87. The molecule has 9 nitrogen and oxygen atoms in total. The number of aromatic amines is 1. The Hall–Kier alpha value is -4.21. The van der Waals surface area contributed by atoms with Crippen LogP contribution in [0.5, 0.6) is 0 Å². The van der Waals surface area contributed by atoms with Gasteiger partial charge < -0.3 is 0 Å². The van der Waals surface area contributed by atoms with Crippen molar-refractivity contribution in [2.75, 3.05) is 7.05 Å². The molecule has 3 aromatic carbocycles. The SMILES string of the molecule is CCCCc1nc2ccc(C3C4C5CCC(C5)C4ON3C)cc2c(=O)n1Cc1ccc(-c2ccccc2-c2nn[nH]n2)cc1. The van der Waals surface area contributed by atoms with E-state index in [9.17, 15) is 4.79 Å². The molecule has 2 bridgehead atoms. The number of hydrogen-bond donors (Lipinski definition) is 1. The zero-order valence-electron chi connectivity index (χ0n) is 25.2. The molecule has 8 rings (SSSR count). The largest absolute Gasteiger partial charge is 0.295 e. The molecule has 5 unspecified atom stereocenters. The monoisotopic (exact) mass is 587 g/mol. The fraction of sp³-hybridized carbons (Fsp3) is 0.400. The summed E-state index contributed by atoms with van der Waals surface area (Å²) in [6.07, 6.45) is 6.97. The molecule has 2 aliphatic carbocycles. The zero-order valence-corrected chi connectivity index (χ0v) is 25.2. The average molecular weight is 588 g/mol. The molecule has 3 heterocycles. The van der Waals surface area contributed by atoms with Gasteiger partial charge in [-0.05, 0) is 77.1 Å². The molecule has 0 spiro atoms. The normalized spacial score (nSPS) is 24.4. The van der Waals surface area contributed by atoms with Crippen molar-refractivity contribution in [3.63, 3.8) is 0 Å². The molecular formula is C35H37N7O2. The number of benzene rings is 3. The molecule has 0 radical (unpaired) electrons. The minimum absolute atomic E-state index is 0.0283. The number of unbranched alkanes of at least 4 members (excludes halogenated alkanes) is 1. The number of nitrogens with one attached hydrogen (secondary N) is 1. The number of H-pyrrole nitrogens is 1. The first kappa shape index (κ1) is 27.3. The van der Waals surface area contributed by atoms with E-state index in [1.165, 1.54) is 19.3 Å². The van der Waals surface area contributed by atoms with E-state index >= 15 is 0 Å². The molecule has 1 aliphatic heterocycles. The number of rotatable bonds is 8. The second kappa shape index (κ2) is 11.1. The lowest BCUT2D eigenvalue weighted by molar-refractivity contribution is -0.156. The summed E-state index contributed by atoms with van der Waals surface area (Å²) in [4.78, 5) is 25.7. The quantitative estimate of drug-likeness (QED) is 0.239. The first-order chi connectivity index (χ1) is 21.6. The minimum atomic E-state index is 0.0283. The Morgan fingerprint density at radius 3 is 2.61 bits per heavy atom. The van der Waals surface area contributed by atoms with Crippen molar-refractivity contribution >= 4 is 10.9 Å². The Balaban J connectivity index is 1.14. The van der Waals surface area contributed by atoms with Gasteiger partial charge >= 0.3 is 0 Å². The molecule has 5 aromatic rings. The van der Waals surface area contributed by atoms with Gasteiger partial charge in [0.05, 0.1) is 29.6 Å². The smallest absolute Gasteiger partial charge is 0.261 e. The second-order valence-electron chi connectivity index (χ2n) is 12.7. The third kappa shape index (κ3) is 4.57. The van der Waals surface area contributed by atoms with Crippen LogP contribution in [0.4, 0.5) is 0 Å². The van der Waals surface area contributed by atoms with Crippen molar-refractivity contribution in [1.29, 1.82) is 0 Å². The maximum absolute atomic E-state index is 14.2. The molecule has 5 atom stereocenters. The topological polar surface area (TPSA) is 102 Å². The van der Waals surface area contributed by atoms with Crippen LogP contribution in [-0.2, 0) is 17.8 Å². The highest BCUT2D eigenvalue weighted by Crippen LogP contribution is 2.58. The number of aryl methyl sites for hydroxylation is 1. The highest BCUT2D eigenvalue weighted by atomic mass is 16.7. The number of hydrogen-bond acceptors (Lipinski definition) is 7. The number of fused-ring (bicyclic) bond motifs is 6. The summed E-state index contributed by atoms with van der Waals surface area (Å²) in [6.45, 7) is 2.64. The van der Waals surface area contributed by atoms with E-state index in [4.69, 9.17) is 9.82 Å². The molecule has 0 amide bonds. The lowest BCUT2D eigenvalue weighted by Crippen LogP contribution is -2.28. The highest BCUT2D eigenvalue weighted by molar-refractivity contribution is 5.80. The number of aromatic nitrogens is 6. The lowest BCUT2D eigenvalue weighted by Gasteiger charge is -2.27. The summed E-state index contributed by atoms with van der Waals surface area (Å²) in [6, 6.07) is 22.9. The van der Waals surface area contributed by atoms with Crippen LogP contribution in [0.1, 0.15) is 62.0 Å². The van der Waals surface area contributed by atoms with Crippen LogP contribution < -0.4 is 5.56 Å². The van der Waals surface area contributed by atoms with Gasteiger partial charge in [-0.2, -0.15) is 10.3 Å². The molecule has 224 valence electrons. The number of tetrazole rings is 1. The van der Waals surface area contributed by atoms with Crippen LogP contribution in [0.3, 0.4) is 0 Å². The van der Waals surface area contributed by atoms with Crippen LogP contribution in [0.25, 0.3) is 33.4 Å². The first-order valence-electron chi connectivity index (χ1n) is 15.9. The highest BCUT2D eigenvalue weighted by Gasteiger charge is 2.57. The molecule has 44 heavy (non-hydrogen) atoms. The van der Waals surface area contributed by atoms with E-state index < -0.39 is 0 Å². The minimum Gasteiger partial charge on any atom is -0.295 e. The Morgan fingerprint density at radius 2 is 1.82 bits per heavy atom. The molecule has 9 heteroatoms. The van der Waals surface area contributed by atoms with Crippen molar-refractivity contribution in [1.82, 2.24) is 35.2 Å². The van der Waals surface area contributed by atoms with Crippen molar-refractivity contribution in [3.8, 4) is 22.5 Å². The predicted octanol–water partition coefficient (Wildman–Crippen LogP) is 5.97. The fourth-order valence-electron chi connectivity index (χ4n) is 8.14. The third-order valence-corrected chi connectivity index (χ3v) is 10.2. The van der Waals surface area contributed by atoms with Crippen LogP contribution in [0, 0.1) is 17.8 Å². The standard InChI is InChI=1S/C35H37N7O2/c1-3-4-9-30-36-29-17-16-24(32-31-23-14-15-25(18-23)33(31)44-41(32)2)19-28(29)35(43)42(30)20-21-10-12-22(13-11-21)26-7-5-6-8-27(26)34-37-39-40-38-34/h5-8,10-13,16-17,19,23,25,31-33H,3-4,9,14-15,18,20H2,1-2H3,(H,37,38,39,40). The summed E-state index contributed by atoms with van der Waals surface area (Å²) in [5.41, 5.74) is 6.02. The summed E-state index contributed by atoms with van der Waals surface area (Å²) in [5, 5.41) is 17.4. The van der Waals surface area contributed by atoms with Gasteiger partial charge in [0.2, 0.25) is 5.82 Å². The predicted molar refractivity (Wildman–Crippen MR) is 168 cm³/mol. The van der Waals surface area contributed by atoms with E-state index in [2.05, 4.69) is 88.2 Å². The van der Waals surface area contributed by atoms with Gasteiger partial charge in [-0.1, -0.05) is 67.9 Å². The number of hydroxylamine groups is 2. The zero-order chi connectivity index (χ0) is 29.8. The molecule has 2 saturated carbocycles. The van der Waals surface area contributed by atoms with E-state index in [0.717, 1.165) is 58.4 Å². The molecule has 1 N–H and O–H groups in total. The molecule has 3 aliphatic rings. The van der Waals surface area contributed by atoms with E-state index in [0.29, 0.717) is 41.6 Å². The van der Waals surface area contributed by atoms with Gasteiger partial charge in [-0.3, -0.25) is 14.2 Å². The lowest BCUT2D eigenvalue weighted by atomic mass is 9.79. The molecule has 2 aromatic heterocycles. The summed E-state index contributed by atoms with van der Waals surface area (Å²) in [7, 11) is 2.06. The summed E-state index contributed by atoms with van der Waals surface area (Å²) in [5.74, 6) is 3.29. The first-order valence-corrected chi connectivity index (χ1v) is 15.9. The van der Waals surface area contributed by atoms with Crippen LogP contribution in [0.15, 0.2) is 71.5 Å². The van der Waals surface area contributed by atoms with Crippen molar-refractivity contribution in [3.05, 3.63) is 94.0 Å². The van der Waals surface area contributed by atoms with Crippen molar-refractivity contribution in [2.24, 2.45) is 17.8 Å². The maximum Gasteiger partial charge on any atom is 0.261 e. The van der Waals surface area contributed by atoms with Gasteiger partial charge in [0.15, 0.2) is 0 Å². The Labute approximate surface area is 256 Å². The summed E-state index contributed by atoms with van der Waals surface area (Å²) >= 11 is 0. The van der Waals surface area contributed by atoms with Crippen LogP contribution in [0.2, 0.25) is 0 Å². The summed E-state index contributed by atoms with van der Waals surface area (Å²) < 4.78 is 1.89. The van der Waals surface area contributed by atoms with E-state index in [1.807, 2.05) is 22.8 Å². The van der Waals surface area contributed by atoms with Gasteiger partial charge in [0.25, 0.3) is 5.56 Å². The fourth-order valence-corrected chi connectivity index (χ4v) is 8.14. The van der Waals surface area contributed by atoms with Crippen LogP contribution in [-0.4, -0.2) is 48.4 Å². The Morgan fingerprint density at radius 1 is 1.00 bits per heavy atom.